The summed E-state index contributed by atoms with van der Waals surface area (Å²) >= 11 is 0. The molecule has 0 aliphatic heterocycles. The lowest BCUT2D eigenvalue weighted by Crippen LogP contribution is -2.26. The molecule has 0 aromatic carbocycles. The van der Waals surface area contributed by atoms with Crippen molar-refractivity contribution in [3.63, 3.8) is 0 Å². The van der Waals surface area contributed by atoms with Crippen molar-refractivity contribution < 1.29 is 0 Å². The normalized spacial score (nSPS) is 12.0. The van der Waals surface area contributed by atoms with Gasteiger partial charge in [0.15, 0.2) is 0 Å². The number of hydrogen-bond donors (Lipinski definition) is 0. The van der Waals surface area contributed by atoms with Crippen LogP contribution < -0.4 is 10.5 Å². The predicted molar refractivity (Wildman–Crippen MR) is 124 cm³/mol. The van der Waals surface area contributed by atoms with Crippen LogP contribution in [0.1, 0.15) is 59.6 Å². The molecule has 0 unspecified atom stereocenters. The summed E-state index contributed by atoms with van der Waals surface area (Å²) in [5.41, 5.74) is 1.46. The lowest BCUT2D eigenvalue weighted by molar-refractivity contribution is 0.461. The summed E-state index contributed by atoms with van der Waals surface area (Å²) in [5, 5.41) is 0. The maximum Gasteiger partial charge on any atom is 0.277 e. The summed E-state index contributed by atoms with van der Waals surface area (Å²) in [6, 6.07) is 1.72. The van der Waals surface area contributed by atoms with Gasteiger partial charge in [-0.15, -0.1) is 0 Å². The van der Waals surface area contributed by atoms with E-state index in [-0.39, 0.29) is 11.6 Å². The molecule has 0 fully saturated rings. The summed E-state index contributed by atoms with van der Waals surface area (Å²) in [5.74, 6) is 1.24. The summed E-state index contributed by atoms with van der Waals surface area (Å²) in [6.07, 6.45) is 14.3. The first-order valence-corrected chi connectivity index (χ1v) is 10.3. The molecule has 0 aliphatic rings. The molecule has 2 aromatic heterocycles. The molecule has 0 N–H and O–H groups in total. The maximum absolute atomic E-state index is 13.4. The highest BCUT2D eigenvalue weighted by Gasteiger charge is 2.26. The monoisotopic (exact) mass is 397 g/mol. The van der Waals surface area contributed by atoms with Crippen molar-refractivity contribution in [3.05, 3.63) is 64.8 Å². The average Bonchev–Trinajstić information content (AvgIpc) is 3.04. The molecule has 2 aromatic rings. The van der Waals surface area contributed by atoms with E-state index in [0.29, 0.717) is 11.5 Å². The van der Waals surface area contributed by atoms with Crippen molar-refractivity contribution in [2.24, 2.45) is 0 Å². The van der Waals surface area contributed by atoms with E-state index in [1.165, 1.54) is 0 Å². The van der Waals surface area contributed by atoms with Crippen LogP contribution in [-0.4, -0.2) is 33.4 Å². The van der Waals surface area contributed by atoms with E-state index >= 15 is 0 Å². The van der Waals surface area contributed by atoms with Crippen molar-refractivity contribution >= 4 is 11.4 Å². The number of rotatable bonds is 7. The summed E-state index contributed by atoms with van der Waals surface area (Å²) in [7, 11) is 3.85. The highest BCUT2D eigenvalue weighted by molar-refractivity contribution is 5.81. The molecule has 0 saturated carbocycles. The Kier molecular flexibility index (Phi) is 9.86. The van der Waals surface area contributed by atoms with Crippen LogP contribution in [0.3, 0.4) is 0 Å². The summed E-state index contributed by atoms with van der Waals surface area (Å²) in [4.78, 5) is 24.1. The molecule has 0 bridgehead atoms. The molecular formula is C23H35N5O. The molecule has 158 valence electrons. The highest BCUT2D eigenvalue weighted by Crippen LogP contribution is 2.28. The number of hydrogen-bond acceptors (Lipinski definition) is 4. The quantitative estimate of drug-likeness (QED) is 0.615. The lowest BCUT2D eigenvalue weighted by atomic mass is 10.1. The van der Waals surface area contributed by atoms with Gasteiger partial charge in [0.25, 0.3) is 11.5 Å². The molecule has 6 heteroatoms. The first-order valence-electron chi connectivity index (χ1n) is 10.3. The van der Waals surface area contributed by atoms with Gasteiger partial charge in [-0.3, -0.25) is 4.79 Å². The van der Waals surface area contributed by atoms with Gasteiger partial charge in [-0.1, -0.05) is 51.2 Å². The van der Waals surface area contributed by atoms with Gasteiger partial charge in [-0.2, -0.15) is 4.68 Å². The third-order valence-electron chi connectivity index (χ3n) is 4.07. The summed E-state index contributed by atoms with van der Waals surface area (Å²) < 4.78 is 3.51. The van der Waals surface area contributed by atoms with Gasteiger partial charge in [0.2, 0.25) is 0 Å². The Morgan fingerprint density at radius 2 is 1.79 bits per heavy atom. The molecule has 29 heavy (non-hydrogen) atoms. The Labute approximate surface area is 174 Å². The van der Waals surface area contributed by atoms with Crippen LogP contribution in [0.4, 0.5) is 5.82 Å². The number of allylic oxidation sites excluding steroid dienone is 6. The Hall–Kier alpha value is -2.89. The van der Waals surface area contributed by atoms with E-state index in [9.17, 15) is 4.79 Å². The second-order valence-electron chi connectivity index (χ2n) is 6.64. The number of nitrogens with zero attached hydrogens (tertiary/aromatic N) is 5. The molecular weight excluding hydrogens is 362 g/mol. The Morgan fingerprint density at radius 3 is 2.28 bits per heavy atom. The molecule has 0 amide bonds. The zero-order valence-corrected chi connectivity index (χ0v) is 19.0. The van der Waals surface area contributed by atoms with Crippen molar-refractivity contribution in [2.75, 3.05) is 19.0 Å². The van der Waals surface area contributed by atoms with Gasteiger partial charge < -0.3 is 4.90 Å². The van der Waals surface area contributed by atoms with Gasteiger partial charge in [0, 0.05) is 32.5 Å². The third kappa shape index (κ3) is 5.56. The van der Waals surface area contributed by atoms with Crippen LogP contribution in [0.15, 0.2) is 53.6 Å². The fraction of sp³-hybridized carbons (Fsp3) is 0.435. The SMILES string of the molecule is CC.C\C=C(/C=C\C=C/CC)c1c(N(C)C)n(-c2ncccn2)n(C(C)C)c1=O. The van der Waals surface area contributed by atoms with Gasteiger partial charge in [-0.05, 0) is 38.8 Å². The topological polar surface area (TPSA) is 56.0 Å². The molecule has 0 atom stereocenters. The fourth-order valence-corrected chi connectivity index (χ4v) is 2.93. The van der Waals surface area contributed by atoms with Gasteiger partial charge >= 0.3 is 0 Å². The molecule has 0 aliphatic carbocycles. The minimum atomic E-state index is -0.0571. The van der Waals surface area contributed by atoms with Crippen molar-refractivity contribution in [1.82, 2.24) is 19.3 Å². The number of anilines is 1. The van der Waals surface area contributed by atoms with Crippen LogP contribution in [0, 0.1) is 0 Å². The second kappa shape index (κ2) is 11.8. The van der Waals surface area contributed by atoms with E-state index in [1.54, 1.807) is 23.1 Å². The third-order valence-corrected chi connectivity index (χ3v) is 4.07. The molecule has 0 saturated heterocycles. The minimum Gasteiger partial charge on any atom is -0.362 e. The maximum atomic E-state index is 13.4. The zero-order valence-electron chi connectivity index (χ0n) is 19.0. The minimum absolute atomic E-state index is 0.0455. The fourth-order valence-electron chi connectivity index (χ4n) is 2.93. The standard InChI is InChI=1S/C21H29N5O.C2H6/c1-7-9-10-11-13-17(8-2)18-19(24(5)6)26(21-22-14-12-15-23-21)25(16(3)4)20(18)27;1-2/h8-16H,7H2,1-6H3;1-2H3/b10-9-,13-11-,17-8+;. The van der Waals surface area contributed by atoms with Crippen molar-refractivity contribution in [2.45, 2.75) is 54.0 Å². The predicted octanol–water partition coefficient (Wildman–Crippen LogP) is 5.03. The van der Waals surface area contributed by atoms with Gasteiger partial charge in [0.1, 0.15) is 5.82 Å². The molecule has 2 rings (SSSR count). The molecule has 0 spiro atoms. The van der Waals surface area contributed by atoms with Crippen LogP contribution in [0.25, 0.3) is 11.5 Å². The van der Waals surface area contributed by atoms with Crippen LogP contribution in [0.5, 0.6) is 0 Å². The van der Waals surface area contributed by atoms with E-state index in [1.807, 2.05) is 82.6 Å². The first kappa shape index (κ1) is 24.1. The molecule has 0 radical (unpaired) electrons. The number of aromatic nitrogens is 4. The van der Waals surface area contributed by atoms with Gasteiger partial charge in [-0.25, -0.2) is 14.6 Å². The largest absolute Gasteiger partial charge is 0.362 e. The molecule has 6 nitrogen and oxygen atoms in total. The van der Waals surface area contributed by atoms with Crippen LogP contribution in [0.2, 0.25) is 0 Å². The van der Waals surface area contributed by atoms with Gasteiger partial charge in [0.05, 0.1) is 5.56 Å². The lowest BCUT2D eigenvalue weighted by Gasteiger charge is -2.20. The Balaban J connectivity index is 0.00000204. The van der Waals surface area contributed by atoms with E-state index < -0.39 is 0 Å². The van der Waals surface area contributed by atoms with Crippen LogP contribution in [-0.2, 0) is 0 Å². The van der Waals surface area contributed by atoms with Crippen molar-refractivity contribution in [1.29, 1.82) is 0 Å². The Bertz CT molecular complexity index is 899. The van der Waals surface area contributed by atoms with E-state index in [4.69, 9.17) is 0 Å². The first-order chi connectivity index (χ1) is 13.9. The Morgan fingerprint density at radius 1 is 1.17 bits per heavy atom. The average molecular weight is 398 g/mol. The zero-order chi connectivity index (χ0) is 22.0. The van der Waals surface area contributed by atoms with Crippen molar-refractivity contribution in [3.8, 4) is 5.95 Å². The van der Waals surface area contributed by atoms with E-state index in [0.717, 1.165) is 17.8 Å². The summed E-state index contributed by atoms with van der Waals surface area (Å²) in [6.45, 7) is 12.0. The highest BCUT2D eigenvalue weighted by atomic mass is 16.1. The second-order valence-corrected chi connectivity index (χ2v) is 6.64. The van der Waals surface area contributed by atoms with Crippen LogP contribution >= 0.6 is 0 Å². The molecule has 2 heterocycles. The smallest absolute Gasteiger partial charge is 0.277 e. The van der Waals surface area contributed by atoms with E-state index in [2.05, 4.69) is 23.0 Å².